The van der Waals surface area contributed by atoms with Crippen LogP contribution in [0.1, 0.15) is 67.3 Å². The van der Waals surface area contributed by atoms with Crippen molar-refractivity contribution in [2.45, 2.75) is 58.2 Å². The molecule has 1 aliphatic rings. The van der Waals surface area contributed by atoms with Gasteiger partial charge < -0.3 is 14.4 Å². The van der Waals surface area contributed by atoms with Gasteiger partial charge in [-0.1, -0.05) is 69.7 Å². The fourth-order valence-electron chi connectivity index (χ4n) is 5.52. The van der Waals surface area contributed by atoms with Crippen molar-refractivity contribution < 1.29 is 27.4 Å². The number of esters is 1. The van der Waals surface area contributed by atoms with E-state index in [4.69, 9.17) is 9.47 Å². The molecule has 0 fully saturated rings. The van der Waals surface area contributed by atoms with Gasteiger partial charge in [-0.2, -0.15) is 29.0 Å². The molecule has 1 unspecified atom stereocenters. The second-order valence-electron chi connectivity index (χ2n) is 12.0. The molecule has 11 heteroatoms. The van der Waals surface area contributed by atoms with Crippen LogP contribution in [0.3, 0.4) is 0 Å². The van der Waals surface area contributed by atoms with Crippen LogP contribution in [0.2, 0.25) is 0 Å². The zero-order valence-corrected chi connectivity index (χ0v) is 29.9. The van der Waals surface area contributed by atoms with E-state index in [2.05, 4.69) is 25.3 Å². The van der Waals surface area contributed by atoms with Crippen LogP contribution in [0.4, 0.5) is 18.9 Å². The molecule has 7 nitrogen and oxygen atoms in total. The third-order valence-corrected chi connectivity index (χ3v) is 9.25. The number of thiophene rings is 1. The number of nitriles is 3. The summed E-state index contributed by atoms with van der Waals surface area (Å²) in [5.74, 6) is -0.904. The summed E-state index contributed by atoms with van der Waals surface area (Å²) in [6.07, 6.45) is 5.21. The van der Waals surface area contributed by atoms with E-state index in [1.54, 1.807) is 49.4 Å². The van der Waals surface area contributed by atoms with Crippen molar-refractivity contribution in [1.29, 1.82) is 15.8 Å². The number of benzene rings is 2. The number of rotatable bonds is 14. The van der Waals surface area contributed by atoms with E-state index < -0.39 is 40.2 Å². The van der Waals surface area contributed by atoms with E-state index in [0.29, 0.717) is 16.2 Å². The lowest BCUT2D eigenvalue weighted by Crippen LogP contribution is -2.43. The summed E-state index contributed by atoms with van der Waals surface area (Å²) < 4.78 is 56.5. The van der Waals surface area contributed by atoms with Crippen LogP contribution in [-0.4, -0.2) is 25.2 Å². The normalized spacial score (nSPS) is 15.6. The fraction of sp³-hybridized carbons (Fsp3) is 0.268. The molecule has 0 saturated carbocycles. The maximum Gasteiger partial charge on any atom is 0.437 e. The van der Waals surface area contributed by atoms with Gasteiger partial charge in [0.2, 0.25) is 0 Å². The Bertz CT molecular complexity index is 2030. The number of allylic oxidation sites excluding steroid dienone is 2. The maximum atomic E-state index is 15.1. The SMILES string of the molecule is C=C(C)C(=O)Oc1cc(N(CCCC)CCCC)ccc1/C=C/c1ccc(/C=C/C2=C(C#N)C(=C(C#N)C#N)OC2(c2ccccc2)C(F)(F)F)s1. The Kier molecular flexibility index (Phi) is 13.0. The van der Waals surface area contributed by atoms with E-state index in [1.165, 1.54) is 47.7 Å². The van der Waals surface area contributed by atoms with E-state index >= 15 is 13.2 Å². The Hall–Kier alpha value is -5.83. The standard InChI is InChI=1S/C41H37F3N4O3S/c1-5-7-22-48(23-8-6-2)32-16-14-29(37(24-32)50-39(49)28(3)4)15-17-33-18-19-34(52-33)20-21-36-35(27-47)38(30(25-45)26-46)51-40(36,41(42,43)44)31-12-10-9-11-13-31/h9-21,24H,3,5-8,22-23H2,1-2,4H3/b17-15+,21-20+. The summed E-state index contributed by atoms with van der Waals surface area (Å²) in [6.45, 7) is 11.3. The Morgan fingerprint density at radius 1 is 0.942 bits per heavy atom. The van der Waals surface area contributed by atoms with Crippen LogP contribution in [0.15, 0.2) is 101 Å². The monoisotopic (exact) mass is 722 g/mol. The van der Waals surface area contributed by atoms with Crippen molar-refractivity contribution in [3.8, 4) is 24.0 Å². The van der Waals surface area contributed by atoms with Crippen molar-refractivity contribution in [3.05, 3.63) is 122 Å². The quantitative estimate of drug-likeness (QED) is 0.0705. The average molecular weight is 723 g/mol. The molecule has 0 N–H and O–H groups in total. The molecule has 0 saturated heterocycles. The molecule has 2 aromatic carbocycles. The van der Waals surface area contributed by atoms with Gasteiger partial charge in [-0.05, 0) is 62.3 Å². The van der Waals surface area contributed by atoms with Gasteiger partial charge in [-0.25, -0.2) is 4.79 Å². The minimum atomic E-state index is -5.08. The Balaban J connectivity index is 1.73. The number of nitrogens with zero attached hydrogens (tertiary/aromatic N) is 4. The lowest BCUT2D eigenvalue weighted by molar-refractivity contribution is -0.249. The van der Waals surface area contributed by atoms with Gasteiger partial charge in [-0.3, -0.25) is 0 Å². The molecule has 0 radical (unpaired) electrons. The molecule has 266 valence electrons. The number of ether oxygens (including phenoxy) is 2. The summed E-state index contributed by atoms with van der Waals surface area (Å²) in [6, 6.07) is 20.8. The molecule has 52 heavy (non-hydrogen) atoms. The first-order chi connectivity index (χ1) is 24.9. The van der Waals surface area contributed by atoms with Crippen molar-refractivity contribution in [1.82, 2.24) is 0 Å². The molecule has 0 spiro atoms. The van der Waals surface area contributed by atoms with Crippen LogP contribution < -0.4 is 9.64 Å². The molecule has 4 rings (SSSR count). The third kappa shape index (κ3) is 8.54. The molecule has 1 atom stereocenters. The molecular formula is C41H37F3N4O3S. The number of unbranched alkanes of at least 4 members (excludes halogenated alkanes) is 2. The highest BCUT2D eigenvalue weighted by molar-refractivity contribution is 7.13. The van der Waals surface area contributed by atoms with E-state index in [-0.39, 0.29) is 11.1 Å². The summed E-state index contributed by atoms with van der Waals surface area (Å²) >= 11 is 1.27. The second kappa shape index (κ2) is 17.4. The van der Waals surface area contributed by atoms with Crippen LogP contribution in [0.5, 0.6) is 5.75 Å². The van der Waals surface area contributed by atoms with Gasteiger partial charge in [0.15, 0.2) is 11.3 Å². The van der Waals surface area contributed by atoms with E-state index in [0.717, 1.165) is 55.4 Å². The number of carbonyl (C=O) groups excluding carboxylic acids is 1. The Labute approximate surface area is 306 Å². The summed E-state index contributed by atoms with van der Waals surface area (Å²) in [5, 5.41) is 29.0. The van der Waals surface area contributed by atoms with Gasteiger partial charge in [0.05, 0.1) is 0 Å². The first-order valence-corrected chi connectivity index (χ1v) is 17.5. The second-order valence-corrected chi connectivity index (χ2v) is 13.1. The molecule has 1 aromatic heterocycles. The topological polar surface area (TPSA) is 110 Å². The van der Waals surface area contributed by atoms with Gasteiger partial charge >= 0.3 is 12.1 Å². The van der Waals surface area contributed by atoms with Gasteiger partial charge in [0.25, 0.3) is 5.60 Å². The highest BCUT2D eigenvalue weighted by Gasteiger charge is 2.65. The fourth-order valence-corrected chi connectivity index (χ4v) is 6.34. The van der Waals surface area contributed by atoms with Gasteiger partial charge in [-0.15, -0.1) is 11.3 Å². The smallest absolute Gasteiger partial charge is 0.437 e. The minimum Gasteiger partial charge on any atom is -0.465 e. The molecule has 0 aliphatic carbocycles. The number of hydrogen-bond acceptors (Lipinski definition) is 8. The van der Waals surface area contributed by atoms with Crippen molar-refractivity contribution in [3.63, 3.8) is 0 Å². The lowest BCUT2D eigenvalue weighted by Gasteiger charge is -2.33. The molecule has 3 aromatic rings. The highest BCUT2D eigenvalue weighted by Crippen LogP contribution is 2.56. The first kappa shape index (κ1) is 39.0. The Morgan fingerprint density at radius 2 is 1.56 bits per heavy atom. The first-order valence-electron chi connectivity index (χ1n) is 16.7. The molecule has 0 bridgehead atoms. The van der Waals surface area contributed by atoms with E-state index in [9.17, 15) is 20.6 Å². The van der Waals surface area contributed by atoms with Crippen LogP contribution in [-0.2, 0) is 15.1 Å². The van der Waals surface area contributed by atoms with Crippen molar-refractivity contribution in [2.24, 2.45) is 0 Å². The third-order valence-electron chi connectivity index (χ3n) is 8.24. The zero-order valence-electron chi connectivity index (χ0n) is 29.1. The van der Waals surface area contributed by atoms with Crippen molar-refractivity contribution in [2.75, 3.05) is 18.0 Å². The summed E-state index contributed by atoms with van der Waals surface area (Å²) in [7, 11) is 0. The number of anilines is 1. The van der Waals surface area contributed by atoms with Crippen LogP contribution in [0, 0.1) is 34.0 Å². The highest BCUT2D eigenvalue weighted by atomic mass is 32.1. The van der Waals surface area contributed by atoms with Gasteiger partial charge in [0.1, 0.15) is 29.5 Å². The van der Waals surface area contributed by atoms with E-state index in [1.807, 2.05) is 18.2 Å². The molecule has 1 aliphatic heterocycles. The lowest BCUT2D eigenvalue weighted by atomic mass is 9.84. The van der Waals surface area contributed by atoms with Crippen LogP contribution >= 0.6 is 11.3 Å². The largest absolute Gasteiger partial charge is 0.465 e. The predicted molar refractivity (Wildman–Crippen MR) is 197 cm³/mol. The average Bonchev–Trinajstić information content (AvgIpc) is 3.73. The number of carbonyl (C=O) groups is 1. The van der Waals surface area contributed by atoms with Gasteiger partial charge in [0, 0.05) is 56.9 Å². The minimum absolute atomic E-state index is 0.257. The zero-order chi connectivity index (χ0) is 37.9. The Morgan fingerprint density at radius 3 is 2.10 bits per heavy atom. The number of hydrogen-bond donors (Lipinski definition) is 0. The molecule has 2 heterocycles. The number of halogens is 3. The predicted octanol–water partition coefficient (Wildman–Crippen LogP) is 10.4. The molecule has 0 amide bonds. The molecular weight excluding hydrogens is 686 g/mol. The van der Waals surface area contributed by atoms with Crippen LogP contribution in [0.25, 0.3) is 18.2 Å². The van der Waals surface area contributed by atoms with Crippen molar-refractivity contribution >= 4 is 41.2 Å². The summed E-state index contributed by atoms with van der Waals surface area (Å²) in [4.78, 5) is 16.2. The summed E-state index contributed by atoms with van der Waals surface area (Å²) in [5.41, 5.74) is -3.47. The number of alkyl halides is 3. The maximum absolute atomic E-state index is 15.1.